The number of urea groups is 1. The first-order chi connectivity index (χ1) is 10.0. The third-order valence-corrected chi connectivity index (χ3v) is 4.22. The topological polar surface area (TPSA) is 64.1 Å². The Morgan fingerprint density at radius 3 is 2.43 bits per heavy atom. The molecule has 21 heavy (non-hydrogen) atoms. The van der Waals surface area contributed by atoms with Gasteiger partial charge in [-0.15, -0.1) is 6.42 Å². The summed E-state index contributed by atoms with van der Waals surface area (Å²) in [6.45, 7) is 5.07. The van der Waals surface area contributed by atoms with E-state index in [1.807, 2.05) is 4.90 Å². The number of carbonyl (C=O) groups excluding carboxylic acids is 1. The van der Waals surface area contributed by atoms with Crippen LogP contribution in [0.5, 0.6) is 0 Å². The average molecular weight is 293 g/mol. The summed E-state index contributed by atoms with van der Waals surface area (Å²) < 4.78 is 0. The molecule has 0 aromatic rings. The van der Waals surface area contributed by atoms with E-state index in [2.05, 4.69) is 5.92 Å². The molecule has 1 heterocycles. The molecule has 0 bridgehead atoms. The fourth-order valence-electron chi connectivity index (χ4n) is 2.59. The highest BCUT2D eigenvalue weighted by Gasteiger charge is 2.31. The number of nitrogens with zero attached hydrogens (tertiary/aromatic N) is 3. The molecule has 2 amide bonds. The molecule has 1 unspecified atom stereocenters. The van der Waals surface area contributed by atoms with Crippen molar-refractivity contribution in [3.8, 4) is 12.3 Å². The van der Waals surface area contributed by atoms with Crippen LogP contribution in [0.2, 0.25) is 0 Å². The number of hydrogen-bond acceptors (Lipinski definition) is 3. The molecular formula is C15H23N3O3. The number of hydrogen-bond donors (Lipinski definition) is 1. The number of terminal acetylenes is 1. The van der Waals surface area contributed by atoms with Crippen molar-refractivity contribution >= 4 is 12.0 Å². The minimum atomic E-state index is -0.822. The maximum atomic E-state index is 12.5. The molecule has 1 atom stereocenters. The normalized spacial score (nSPS) is 20.7. The van der Waals surface area contributed by atoms with Gasteiger partial charge in [-0.1, -0.05) is 5.92 Å². The fraction of sp³-hybridized carbons (Fsp3) is 0.733. The number of aliphatic carboxylic acids is 1. The van der Waals surface area contributed by atoms with E-state index in [4.69, 9.17) is 11.5 Å². The second kappa shape index (κ2) is 6.81. The highest BCUT2D eigenvalue weighted by atomic mass is 16.4. The molecule has 0 radical (unpaired) electrons. The van der Waals surface area contributed by atoms with Gasteiger partial charge in [0.25, 0.3) is 0 Å². The number of amides is 2. The average Bonchev–Trinajstić information content (AvgIpc) is 3.29. The van der Waals surface area contributed by atoms with Gasteiger partial charge in [-0.05, 0) is 25.7 Å². The van der Waals surface area contributed by atoms with Crippen molar-refractivity contribution in [2.24, 2.45) is 5.92 Å². The van der Waals surface area contributed by atoms with Crippen LogP contribution in [0.1, 0.15) is 19.8 Å². The Kier molecular flexibility index (Phi) is 5.07. The molecule has 2 fully saturated rings. The summed E-state index contributed by atoms with van der Waals surface area (Å²) in [6.07, 6.45) is 7.71. The van der Waals surface area contributed by atoms with E-state index in [1.54, 1.807) is 16.7 Å². The lowest BCUT2D eigenvalue weighted by Gasteiger charge is -2.38. The third kappa shape index (κ3) is 4.11. The number of carbonyl (C=O) groups is 2. The molecule has 0 aromatic heterocycles. The molecule has 6 nitrogen and oxygen atoms in total. The smallest absolute Gasteiger partial charge is 0.320 e. The van der Waals surface area contributed by atoms with Crippen LogP contribution in [0.25, 0.3) is 0 Å². The Labute approximate surface area is 125 Å². The maximum absolute atomic E-state index is 12.5. The van der Waals surface area contributed by atoms with Crippen LogP contribution in [0.15, 0.2) is 0 Å². The van der Waals surface area contributed by atoms with Crippen molar-refractivity contribution in [2.75, 3.05) is 39.3 Å². The number of carboxylic acid groups (broad SMARTS) is 1. The van der Waals surface area contributed by atoms with Crippen LogP contribution in [0.4, 0.5) is 4.79 Å². The van der Waals surface area contributed by atoms with Gasteiger partial charge in [0.15, 0.2) is 0 Å². The highest BCUT2D eigenvalue weighted by molar-refractivity contribution is 5.75. The molecule has 1 aliphatic heterocycles. The minimum Gasteiger partial charge on any atom is -0.480 e. The second-order valence-electron chi connectivity index (χ2n) is 5.85. The maximum Gasteiger partial charge on any atom is 0.320 e. The van der Waals surface area contributed by atoms with Crippen LogP contribution in [0.3, 0.4) is 0 Å². The van der Waals surface area contributed by atoms with E-state index < -0.39 is 12.0 Å². The lowest BCUT2D eigenvalue weighted by atomic mass is 10.2. The van der Waals surface area contributed by atoms with Crippen LogP contribution in [-0.2, 0) is 4.79 Å². The second-order valence-corrected chi connectivity index (χ2v) is 5.85. The zero-order chi connectivity index (χ0) is 15.4. The summed E-state index contributed by atoms with van der Waals surface area (Å²) in [5.41, 5.74) is 0. The van der Waals surface area contributed by atoms with Gasteiger partial charge < -0.3 is 14.9 Å². The van der Waals surface area contributed by atoms with Crippen LogP contribution >= 0.6 is 0 Å². The Morgan fingerprint density at radius 2 is 1.95 bits per heavy atom. The van der Waals surface area contributed by atoms with Gasteiger partial charge in [0.2, 0.25) is 0 Å². The Balaban J connectivity index is 1.86. The molecule has 2 aliphatic rings. The zero-order valence-electron chi connectivity index (χ0n) is 12.5. The SMILES string of the molecule is C#CCN(CC1CC1)C(=O)N1CCN(C(C)C(=O)O)CC1. The molecule has 1 saturated carbocycles. The highest BCUT2D eigenvalue weighted by Crippen LogP contribution is 2.30. The Hall–Kier alpha value is -1.74. The molecule has 1 aliphatic carbocycles. The summed E-state index contributed by atoms with van der Waals surface area (Å²) in [4.78, 5) is 28.9. The van der Waals surface area contributed by atoms with Crippen molar-refractivity contribution in [1.82, 2.24) is 14.7 Å². The first-order valence-electron chi connectivity index (χ1n) is 7.47. The van der Waals surface area contributed by atoms with E-state index in [-0.39, 0.29) is 6.03 Å². The standard InChI is InChI=1S/C15H23N3O3/c1-3-6-18(11-13-4-5-13)15(21)17-9-7-16(8-10-17)12(2)14(19)20/h1,12-13H,4-11H2,2H3,(H,19,20). The largest absolute Gasteiger partial charge is 0.480 e. The number of piperazine rings is 1. The molecule has 0 spiro atoms. The van der Waals surface area contributed by atoms with E-state index in [9.17, 15) is 9.59 Å². The first-order valence-corrected chi connectivity index (χ1v) is 7.47. The lowest BCUT2D eigenvalue weighted by Crippen LogP contribution is -2.56. The summed E-state index contributed by atoms with van der Waals surface area (Å²) >= 11 is 0. The molecular weight excluding hydrogens is 270 g/mol. The van der Waals surface area contributed by atoms with Gasteiger partial charge in [-0.25, -0.2) is 4.79 Å². The van der Waals surface area contributed by atoms with Gasteiger partial charge >= 0.3 is 12.0 Å². The monoisotopic (exact) mass is 293 g/mol. The van der Waals surface area contributed by atoms with E-state index in [1.165, 1.54) is 12.8 Å². The van der Waals surface area contributed by atoms with Gasteiger partial charge in [-0.3, -0.25) is 9.69 Å². The molecule has 6 heteroatoms. The van der Waals surface area contributed by atoms with E-state index in [0.29, 0.717) is 38.6 Å². The van der Waals surface area contributed by atoms with E-state index in [0.717, 1.165) is 6.54 Å². The molecule has 0 aromatic carbocycles. The number of rotatable bonds is 5. The fourth-order valence-corrected chi connectivity index (χ4v) is 2.59. The van der Waals surface area contributed by atoms with Crippen LogP contribution in [-0.4, -0.2) is 77.1 Å². The molecule has 116 valence electrons. The summed E-state index contributed by atoms with van der Waals surface area (Å²) in [5.74, 6) is 2.34. The van der Waals surface area contributed by atoms with Crippen molar-refractivity contribution in [3.63, 3.8) is 0 Å². The predicted molar refractivity (Wildman–Crippen MR) is 78.8 cm³/mol. The van der Waals surface area contributed by atoms with Crippen molar-refractivity contribution in [1.29, 1.82) is 0 Å². The van der Waals surface area contributed by atoms with Crippen LogP contribution in [0, 0.1) is 18.3 Å². The number of carboxylic acids is 1. The predicted octanol–water partition coefficient (Wildman–Crippen LogP) is 0.542. The van der Waals surface area contributed by atoms with Gasteiger partial charge in [0.05, 0.1) is 6.54 Å². The lowest BCUT2D eigenvalue weighted by molar-refractivity contribution is -0.143. The van der Waals surface area contributed by atoms with E-state index >= 15 is 0 Å². The zero-order valence-corrected chi connectivity index (χ0v) is 12.5. The minimum absolute atomic E-state index is 0.0116. The first kappa shape index (κ1) is 15.6. The summed E-state index contributed by atoms with van der Waals surface area (Å²) in [7, 11) is 0. The van der Waals surface area contributed by atoms with Crippen molar-refractivity contribution < 1.29 is 14.7 Å². The Bertz CT molecular complexity index is 434. The van der Waals surface area contributed by atoms with Gasteiger partial charge in [0.1, 0.15) is 6.04 Å². The molecule has 1 N–H and O–H groups in total. The third-order valence-electron chi connectivity index (χ3n) is 4.22. The summed E-state index contributed by atoms with van der Waals surface area (Å²) in [6, 6.07) is -0.516. The van der Waals surface area contributed by atoms with Crippen molar-refractivity contribution in [3.05, 3.63) is 0 Å². The van der Waals surface area contributed by atoms with Crippen molar-refractivity contribution in [2.45, 2.75) is 25.8 Å². The van der Waals surface area contributed by atoms with Crippen LogP contribution < -0.4 is 0 Å². The summed E-state index contributed by atoms with van der Waals surface area (Å²) in [5, 5.41) is 9.02. The van der Waals surface area contributed by atoms with Gasteiger partial charge in [-0.2, -0.15) is 0 Å². The Morgan fingerprint density at radius 1 is 1.33 bits per heavy atom. The van der Waals surface area contributed by atoms with Gasteiger partial charge in [0, 0.05) is 32.7 Å². The quantitative estimate of drug-likeness (QED) is 0.752. The molecule has 1 saturated heterocycles. The molecule has 2 rings (SSSR count).